The topological polar surface area (TPSA) is 64.7 Å². The normalized spacial score (nSPS) is 12.2. The van der Waals surface area contributed by atoms with Crippen LogP contribution in [0.1, 0.15) is 30.9 Å². The highest BCUT2D eigenvalue weighted by molar-refractivity contribution is 5.43. The monoisotopic (exact) mass is 315 g/mol. The van der Waals surface area contributed by atoms with Crippen molar-refractivity contribution in [1.29, 1.82) is 0 Å². The summed E-state index contributed by atoms with van der Waals surface area (Å²) in [5.74, 6) is 1.94. The molecule has 0 saturated heterocycles. The minimum Gasteiger partial charge on any atom is -0.508 e. The fourth-order valence-corrected chi connectivity index (χ4v) is 2.56. The van der Waals surface area contributed by atoms with Crippen LogP contribution in [0.25, 0.3) is 0 Å². The summed E-state index contributed by atoms with van der Waals surface area (Å²) in [6, 6.07) is 13.2. The van der Waals surface area contributed by atoms with Crippen LogP contribution in [-0.2, 0) is 6.42 Å². The minimum atomic E-state index is 0.0848. The van der Waals surface area contributed by atoms with Gasteiger partial charge >= 0.3 is 0 Å². The highest BCUT2D eigenvalue weighted by Gasteiger charge is 2.13. The van der Waals surface area contributed by atoms with Crippen LogP contribution in [-0.4, -0.2) is 24.9 Å². The molecule has 3 N–H and O–H groups in total. The number of benzene rings is 2. The lowest BCUT2D eigenvalue weighted by atomic mass is 9.92. The molecule has 0 amide bonds. The Labute approximate surface area is 137 Å². The van der Waals surface area contributed by atoms with E-state index in [0.717, 1.165) is 29.0 Å². The second-order valence-corrected chi connectivity index (χ2v) is 5.88. The van der Waals surface area contributed by atoms with Gasteiger partial charge in [-0.25, -0.2) is 0 Å². The maximum absolute atomic E-state index is 9.42. The van der Waals surface area contributed by atoms with Crippen molar-refractivity contribution in [2.75, 3.05) is 13.7 Å². The van der Waals surface area contributed by atoms with E-state index in [1.807, 2.05) is 44.2 Å². The van der Waals surface area contributed by atoms with Crippen molar-refractivity contribution < 1.29 is 14.6 Å². The van der Waals surface area contributed by atoms with Gasteiger partial charge in [0, 0.05) is 5.92 Å². The molecule has 0 aliphatic carbocycles. The van der Waals surface area contributed by atoms with Gasteiger partial charge in [-0.15, -0.1) is 0 Å². The summed E-state index contributed by atoms with van der Waals surface area (Å²) in [4.78, 5) is 0. The Morgan fingerprint density at radius 1 is 1.04 bits per heavy atom. The van der Waals surface area contributed by atoms with Crippen molar-refractivity contribution in [1.82, 2.24) is 0 Å². The first-order valence-corrected chi connectivity index (χ1v) is 7.86. The third kappa shape index (κ3) is 4.63. The fraction of sp³-hybridized carbons (Fsp3) is 0.368. The molecule has 0 spiro atoms. The van der Waals surface area contributed by atoms with Gasteiger partial charge in [0.05, 0.1) is 13.2 Å². The van der Waals surface area contributed by atoms with E-state index in [-0.39, 0.29) is 17.8 Å². The van der Waals surface area contributed by atoms with Crippen LogP contribution < -0.4 is 15.2 Å². The number of hydrogen-bond acceptors (Lipinski definition) is 4. The van der Waals surface area contributed by atoms with Crippen molar-refractivity contribution in [2.24, 2.45) is 5.73 Å². The molecule has 2 rings (SSSR count). The zero-order chi connectivity index (χ0) is 16.8. The molecule has 0 aliphatic rings. The Morgan fingerprint density at radius 2 is 1.74 bits per heavy atom. The van der Waals surface area contributed by atoms with Crippen LogP contribution in [0.2, 0.25) is 0 Å². The van der Waals surface area contributed by atoms with Gasteiger partial charge in [-0.2, -0.15) is 0 Å². The SMILES string of the molecule is COc1ccc(CC(CN)c2ccc(O)cc2)cc1OC(C)C. The summed E-state index contributed by atoms with van der Waals surface area (Å²) in [6.45, 7) is 4.52. The van der Waals surface area contributed by atoms with Gasteiger partial charge in [-0.1, -0.05) is 18.2 Å². The number of phenolic OH excluding ortho intramolecular Hbond substituents is 1. The van der Waals surface area contributed by atoms with Crippen molar-refractivity contribution in [2.45, 2.75) is 32.3 Å². The first kappa shape index (κ1) is 17.2. The number of rotatable bonds is 7. The Balaban J connectivity index is 2.21. The molecular formula is C19H25NO3. The molecule has 0 saturated carbocycles. The maximum atomic E-state index is 9.42. The van der Waals surface area contributed by atoms with E-state index in [2.05, 4.69) is 0 Å². The Hall–Kier alpha value is -2.20. The number of hydrogen-bond donors (Lipinski definition) is 2. The van der Waals surface area contributed by atoms with Crippen LogP contribution in [0.5, 0.6) is 17.2 Å². The van der Waals surface area contributed by atoms with Gasteiger partial charge in [0.15, 0.2) is 11.5 Å². The molecular weight excluding hydrogens is 290 g/mol. The van der Waals surface area contributed by atoms with Crippen molar-refractivity contribution >= 4 is 0 Å². The molecule has 0 aliphatic heterocycles. The van der Waals surface area contributed by atoms with Gasteiger partial charge in [-0.3, -0.25) is 0 Å². The molecule has 4 nitrogen and oxygen atoms in total. The van der Waals surface area contributed by atoms with Gasteiger partial charge in [0.1, 0.15) is 5.75 Å². The molecule has 1 atom stereocenters. The number of aromatic hydroxyl groups is 1. The van der Waals surface area contributed by atoms with Gasteiger partial charge in [0.2, 0.25) is 0 Å². The van der Waals surface area contributed by atoms with Crippen LogP contribution >= 0.6 is 0 Å². The average Bonchev–Trinajstić information content (AvgIpc) is 2.53. The van der Waals surface area contributed by atoms with Crippen molar-refractivity contribution in [3.8, 4) is 17.2 Å². The summed E-state index contributed by atoms with van der Waals surface area (Å²) in [5.41, 5.74) is 8.21. The molecule has 0 heterocycles. The summed E-state index contributed by atoms with van der Waals surface area (Å²) in [7, 11) is 1.64. The number of ether oxygens (including phenoxy) is 2. The molecule has 0 radical (unpaired) electrons. The van der Waals surface area contributed by atoms with Crippen LogP contribution in [0, 0.1) is 0 Å². The van der Waals surface area contributed by atoms with E-state index < -0.39 is 0 Å². The fourth-order valence-electron chi connectivity index (χ4n) is 2.56. The molecule has 23 heavy (non-hydrogen) atoms. The molecule has 0 aromatic heterocycles. The lowest BCUT2D eigenvalue weighted by Gasteiger charge is -2.18. The lowest BCUT2D eigenvalue weighted by molar-refractivity contribution is 0.230. The second-order valence-electron chi connectivity index (χ2n) is 5.88. The quantitative estimate of drug-likeness (QED) is 0.821. The molecule has 2 aromatic rings. The predicted molar refractivity (Wildman–Crippen MR) is 92.4 cm³/mol. The Bertz CT molecular complexity index is 623. The van der Waals surface area contributed by atoms with Crippen LogP contribution in [0.15, 0.2) is 42.5 Å². The smallest absolute Gasteiger partial charge is 0.161 e. The highest BCUT2D eigenvalue weighted by atomic mass is 16.5. The second kappa shape index (κ2) is 7.88. The average molecular weight is 315 g/mol. The number of phenols is 1. The standard InChI is InChI=1S/C19H25NO3/c1-13(2)23-19-11-14(4-9-18(19)22-3)10-16(12-20)15-5-7-17(21)8-6-15/h4-9,11,13,16,21H,10,12,20H2,1-3H3. The van der Waals surface area contributed by atoms with Gasteiger partial charge < -0.3 is 20.3 Å². The molecule has 1 unspecified atom stereocenters. The summed E-state index contributed by atoms with van der Waals surface area (Å²) in [6.07, 6.45) is 0.890. The minimum absolute atomic E-state index is 0.0848. The summed E-state index contributed by atoms with van der Waals surface area (Å²) in [5, 5.41) is 9.42. The molecule has 0 bridgehead atoms. The third-order valence-corrected chi connectivity index (χ3v) is 3.72. The number of methoxy groups -OCH3 is 1. The number of nitrogens with two attached hydrogens (primary N) is 1. The van der Waals surface area contributed by atoms with E-state index in [1.165, 1.54) is 0 Å². The molecule has 4 heteroatoms. The van der Waals surface area contributed by atoms with E-state index in [9.17, 15) is 5.11 Å². The maximum Gasteiger partial charge on any atom is 0.161 e. The molecule has 124 valence electrons. The van der Waals surface area contributed by atoms with Crippen LogP contribution in [0.3, 0.4) is 0 Å². The van der Waals surface area contributed by atoms with E-state index in [4.69, 9.17) is 15.2 Å². The third-order valence-electron chi connectivity index (χ3n) is 3.72. The van der Waals surface area contributed by atoms with Crippen molar-refractivity contribution in [3.05, 3.63) is 53.6 Å². The highest BCUT2D eigenvalue weighted by Crippen LogP contribution is 2.31. The Morgan fingerprint density at radius 3 is 2.30 bits per heavy atom. The molecule has 2 aromatic carbocycles. The van der Waals surface area contributed by atoms with E-state index in [0.29, 0.717) is 6.54 Å². The zero-order valence-corrected chi connectivity index (χ0v) is 14.0. The van der Waals surface area contributed by atoms with Gasteiger partial charge in [-0.05, 0) is 62.2 Å². The first-order valence-electron chi connectivity index (χ1n) is 7.86. The van der Waals surface area contributed by atoms with Gasteiger partial charge in [0.25, 0.3) is 0 Å². The summed E-state index contributed by atoms with van der Waals surface area (Å²) >= 11 is 0. The largest absolute Gasteiger partial charge is 0.508 e. The lowest BCUT2D eigenvalue weighted by Crippen LogP contribution is -2.15. The first-order chi connectivity index (χ1) is 11.0. The molecule has 0 fully saturated rings. The predicted octanol–water partition coefficient (Wildman–Crippen LogP) is 3.47. The Kier molecular flexibility index (Phi) is 5.88. The van der Waals surface area contributed by atoms with Crippen LogP contribution in [0.4, 0.5) is 0 Å². The van der Waals surface area contributed by atoms with E-state index >= 15 is 0 Å². The zero-order valence-electron chi connectivity index (χ0n) is 14.0. The van der Waals surface area contributed by atoms with Crippen molar-refractivity contribution in [3.63, 3.8) is 0 Å². The van der Waals surface area contributed by atoms with E-state index in [1.54, 1.807) is 19.2 Å². The summed E-state index contributed by atoms with van der Waals surface area (Å²) < 4.78 is 11.2.